The zero-order valence-corrected chi connectivity index (χ0v) is 15.6. The average Bonchev–Trinajstić information content (AvgIpc) is 2.68. The Morgan fingerprint density at radius 2 is 1.81 bits per heavy atom. The highest BCUT2D eigenvalue weighted by Crippen LogP contribution is 2.25. The number of rotatable bonds is 8. The highest BCUT2D eigenvalue weighted by Gasteiger charge is 2.25. The molecule has 1 aliphatic rings. The maximum atomic E-state index is 10.8. The van der Waals surface area contributed by atoms with E-state index in [1.54, 1.807) is 0 Å². The Morgan fingerprint density at radius 3 is 2.52 bits per heavy atom. The van der Waals surface area contributed by atoms with Crippen LogP contribution in [0.15, 0.2) is 54.6 Å². The van der Waals surface area contributed by atoms with Crippen LogP contribution in [0.1, 0.15) is 24.0 Å². The van der Waals surface area contributed by atoms with E-state index in [2.05, 4.69) is 23.1 Å². The smallest absolute Gasteiger partial charge is 0.255 e. The normalized spacial score (nSPS) is 16.8. The van der Waals surface area contributed by atoms with Gasteiger partial charge in [0.05, 0.1) is 6.10 Å². The molecule has 0 saturated carbocycles. The summed E-state index contributed by atoms with van der Waals surface area (Å²) < 4.78 is 5.38. The summed E-state index contributed by atoms with van der Waals surface area (Å²) in [5.41, 5.74) is 7.47. The highest BCUT2D eigenvalue weighted by atomic mass is 16.5. The third-order valence-corrected chi connectivity index (χ3v) is 5.15. The second kappa shape index (κ2) is 9.53. The van der Waals surface area contributed by atoms with Crippen LogP contribution in [-0.4, -0.2) is 41.7 Å². The Labute approximate surface area is 160 Å². The quantitative estimate of drug-likeness (QED) is 0.750. The van der Waals surface area contributed by atoms with E-state index in [4.69, 9.17) is 10.5 Å². The van der Waals surface area contributed by atoms with Gasteiger partial charge in [0, 0.05) is 6.54 Å². The van der Waals surface area contributed by atoms with Crippen LogP contribution in [0.5, 0.6) is 5.75 Å². The zero-order valence-electron chi connectivity index (χ0n) is 15.6. The molecule has 2 aromatic carbocycles. The Hall–Kier alpha value is -2.37. The SMILES string of the molecule is NC(=O)COc1cccc(CN2CCC([C@@H](O)Cc3ccccc3)CC2)c1. The van der Waals surface area contributed by atoms with Gasteiger partial charge in [-0.25, -0.2) is 0 Å². The van der Waals surface area contributed by atoms with Crippen LogP contribution in [0.2, 0.25) is 0 Å². The molecular formula is C22H28N2O3. The summed E-state index contributed by atoms with van der Waals surface area (Å²) in [7, 11) is 0. The first-order valence-electron chi connectivity index (χ1n) is 9.54. The first-order chi connectivity index (χ1) is 13.1. The van der Waals surface area contributed by atoms with E-state index < -0.39 is 5.91 Å². The maximum absolute atomic E-state index is 10.8. The van der Waals surface area contributed by atoms with Gasteiger partial charge in [-0.3, -0.25) is 9.69 Å². The Bertz CT molecular complexity index is 727. The standard InChI is InChI=1S/C22H28N2O3/c23-22(26)16-27-20-8-4-7-18(13-20)15-24-11-9-19(10-12-24)21(25)14-17-5-2-1-3-6-17/h1-8,13,19,21,25H,9-12,14-16H2,(H2,23,26)/t21-/m0/s1. The molecule has 0 unspecified atom stereocenters. The number of carbonyl (C=O) groups is 1. The molecule has 3 rings (SSSR count). The van der Waals surface area contributed by atoms with Crippen LogP contribution in [0, 0.1) is 5.92 Å². The number of nitrogens with zero attached hydrogens (tertiary/aromatic N) is 1. The van der Waals surface area contributed by atoms with E-state index in [-0.39, 0.29) is 12.7 Å². The predicted octanol–water partition coefficient (Wildman–Crippen LogP) is 2.37. The summed E-state index contributed by atoms with van der Waals surface area (Å²) in [6.45, 7) is 2.69. The molecule has 1 atom stereocenters. The van der Waals surface area contributed by atoms with Gasteiger partial charge in [0.1, 0.15) is 5.75 Å². The van der Waals surface area contributed by atoms with Gasteiger partial charge in [0.2, 0.25) is 0 Å². The second-order valence-electron chi connectivity index (χ2n) is 7.27. The Morgan fingerprint density at radius 1 is 1.11 bits per heavy atom. The van der Waals surface area contributed by atoms with Crippen molar-refractivity contribution in [2.24, 2.45) is 11.7 Å². The van der Waals surface area contributed by atoms with Gasteiger partial charge in [0.25, 0.3) is 5.91 Å². The van der Waals surface area contributed by atoms with Crippen molar-refractivity contribution < 1.29 is 14.6 Å². The molecule has 5 heteroatoms. The van der Waals surface area contributed by atoms with Crippen LogP contribution in [-0.2, 0) is 17.8 Å². The molecule has 0 spiro atoms. The molecule has 1 fully saturated rings. The first kappa shape index (κ1) is 19.4. The summed E-state index contributed by atoms with van der Waals surface area (Å²) in [5.74, 6) is 0.544. The highest BCUT2D eigenvalue weighted by molar-refractivity contribution is 5.75. The van der Waals surface area contributed by atoms with Crippen molar-refractivity contribution in [1.82, 2.24) is 4.90 Å². The molecular weight excluding hydrogens is 340 g/mol. The molecule has 0 bridgehead atoms. The molecule has 2 aromatic rings. The third-order valence-electron chi connectivity index (χ3n) is 5.15. The van der Waals surface area contributed by atoms with Crippen molar-refractivity contribution in [3.05, 3.63) is 65.7 Å². The van der Waals surface area contributed by atoms with Gasteiger partial charge in [-0.05, 0) is 61.5 Å². The molecule has 27 heavy (non-hydrogen) atoms. The number of hydrogen-bond donors (Lipinski definition) is 2. The molecule has 1 saturated heterocycles. The lowest BCUT2D eigenvalue weighted by atomic mass is 9.88. The summed E-state index contributed by atoms with van der Waals surface area (Å²) in [5, 5.41) is 10.6. The van der Waals surface area contributed by atoms with Crippen LogP contribution >= 0.6 is 0 Å². The second-order valence-corrected chi connectivity index (χ2v) is 7.27. The topological polar surface area (TPSA) is 75.8 Å². The molecule has 1 amide bonds. The van der Waals surface area contributed by atoms with Gasteiger partial charge >= 0.3 is 0 Å². The predicted molar refractivity (Wildman–Crippen MR) is 105 cm³/mol. The van der Waals surface area contributed by atoms with Crippen molar-refractivity contribution in [1.29, 1.82) is 0 Å². The lowest BCUT2D eigenvalue weighted by molar-refractivity contribution is -0.119. The Balaban J connectivity index is 1.46. The van der Waals surface area contributed by atoms with Crippen molar-refractivity contribution >= 4 is 5.91 Å². The van der Waals surface area contributed by atoms with Gasteiger partial charge in [-0.2, -0.15) is 0 Å². The molecule has 3 N–H and O–H groups in total. The van der Waals surface area contributed by atoms with Crippen molar-refractivity contribution in [2.75, 3.05) is 19.7 Å². The molecule has 0 aromatic heterocycles. The number of benzene rings is 2. The largest absolute Gasteiger partial charge is 0.484 e. The summed E-state index contributed by atoms with van der Waals surface area (Å²) in [6, 6.07) is 18.0. The number of aliphatic hydroxyl groups excluding tert-OH is 1. The van der Waals surface area contributed by atoms with Crippen LogP contribution < -0.4 is 10.5 Å². The van der Waals surface area contributed by atoms with E-state index in [0.29, 0.717) is 11.7 Å². The number of amides is 1. The minimum absolute atomic E-state index is 0.103. The zero-order chi connectivity index (χ0) is 19.1. The van der Waals surface area contributed by atoms with Crippen molar-refractivity contribution in [2.45, 2.75) is 31.9 Å². The van der Waals surface area contributed by atoms with Crippen molar-refractivity contribution in [3.8, 4) is 5.75 Å². The number of likely N-dealkylation sites (tertiary alicyclic amines) is 1. The minimum atomic E-state index is -0.475. The number of hydrogen-bond acceptors (Lipinski definition) is 4. The fourth-order valence-electron chi connectivity index (χ4n) is 3.66. The molecule has 5 nitrogen and oxygen atoms in total. The van der Waals surface area contributed by atoms with E-state index in [1.165, 1.54) is 5.56 Å². The fourth-order valence-corrected chi connectivity index (χ4v) is 3.66. The van der Waals surface area contributed by atoms with Crippen LogP contribution in [0.3, 0.4) is 0 Å². The van der Waals surface area contributed by atoms with Crippen LogP contribution in [0.4, 0.5) is 0 Å². The molecule has 1 aliphatic heterocycles. The van der Waals surface area contributed by atoms with E-state index >= 15 is 0 Å². The Kier molecular flexibility index (Phi) is 6.85. The maximum Gasteiger partial charge on any atom is 0.255 e. The minimum Gasteiger partial charge on any atom is -0.484 e. The summed E-state index contributed by atoms with van der Waals surface area (Å²) in [6.07, 6.45) is 2.46. The van der Waals surface area contributed by atoms with E-state index in [9.17, 15) is 9.90 Å². The number of nitrogens with two attached hydrogens (primary N) is 1. The number of piperidine rings is 1. The van der Waals surface area contributed by atoms with Gasteiger partial charge in [-0.1, -0.05) is 42.5 Å². The van der Waals surface area contributed by atoms with Gasteiger partial charge in [0.15, 0.2) is 6.61 Å². The summed E-state index contributed by atoms with van der Waals surface area (Å²) >= 11 is 0. The third kappa shape index (κ3) is 6.08. The van der Waals surface area contributed by atoms with Crippen molar-refractivity contribution in [3.63, 3.8) is 0 Å². The van der Waals surface area contributed by atoms with Gasteiger partial charge in [-0.15, -0.1) is 0 Å². The number of aliphatic hydroxyl groups is 1. The number of primary amides is 1. The average molecular weight is 368 g/mol. The number of carbonyl (C=O) groups excluding carboxylic acids is 1. The van der Waals surface area contributed by atoms with E-state index in [1.807, 2.05) is 36.4 Å². The molecule has 0 aliphatic carbocycles. The first-order valence-corrected chi connectivity index (χ1v) is 9.54. The molecule has 144 valence electrons. The fraction of sp³-hybridized carbons (Fsp3) is 0.409. The lowest BCUT2D eigenvalue weighted by Gasteiger charge is -2.34. The van der Waals surface area contributed by atoms with E-state index in [0.717, 1.165) is 44.5 Å². The lowest BCUT2D eigenvalue weighted by Crippen LogP contribution is -2.38. The number of ether oxygens (including phenoxy) is 1. The van der Waals surface area contributed by atoms with Crippen LogP contribution in [0.25, 0.3) is 0 Å². The van der Waals surface area contributed by atoms with Gasteiger partial charge < -0.3 is 15.6 Å². The summed E-state index contributed by atoms with van der Waals surface area (Å²) in [4.78, 5) is 13.2. The monoisotopic (exact) mass is 368 g/mol. The molecule has 1 heterocycles. The molecule has 0 radical (unpaired) electrons.